The Kier molecular flexibility index (Phi) is 8.03. The fraction of sp³-hybridized carbons (Fsp3) is 0.952. The molecule has 3 rings (SSSR count). The van der Waals surface area contributed by atoms with Crippen LogP contribution >= 0.6 is 23.4 Å². The molecule has 1 amide bonds. The lowest BCUT2D eigenvalue weighted by molar-refractivity contribution is -0.168. The van der Waals surface area contributed by atoms with Crippen LogP contribution in [0.25, 0.3) is 0 Å². The monoisotopic (exact) mass is 464 g/mol. The number of thioether (sulfide) groups is 1. The number of aliphatic hydroxyl groups is 1. The molecule has 0 aromatic rings. The normalized spacial score (nSPS) is 40.7. The molecule has 9 heteroatoms. The number of amides is 1. The van der Waals surface area contributed by atoms with E-state index in [0.717, 1.165) is 25.8 Å². The van der Waals surface area contributed by atoms with E-state index in [1.807, 2.05) is 34.1 Å². The molecule has 3 aliphatic heterocycles. The van der Waals surface area contributed by atoms with E-state index in [1.165, 1.54) is 11.8 Å². The number of fused-ring (bicyclic) bond motifs is 1. The zero-order valence-corrected chi connectivity index (χ0v) is 20.4. The maximum atomic E-state index is 13.2. The standard InChI is InChI=1S/C21H37ClN2O5S/c1-7-8-12-9-13(24(5)10-12)19(26)23-14(11(2)22)16-18-17(28-21(3,4)29-18)15(25)20(27-16)30-6/h11-18,20,25H,7-10H2,1-6H3,(H,23,26)/t11-,12+,13-,14+,15+,16+,17+,18?,20+/m0/s1. The third-order valence-corrected chi connectivity index (χ3v) is 7.54. The Morgan fingerprint density at radius 3 is 2.63 bits per heavy atom. The fourth-order valence-electron chi connectivity index (χ4n) is 5.04. The third-order valence-electron chi connectivity index (χ3n) is 6.42. The molecule has 0 aromatic heterocycles. The van der Waals surface area contributed by atoms with Crippen molar-refractivity contribution in [2.24, 2.45) is 5.92 Å². The van der Waals surface area contributed by atoms with E-state index in [1.54, 1.807) is 0 Å². The summed E-state index contributed by atoms with van der Waals surface area (Å²) in [4.78, 5) is 15.3. The summed E-state index contributed by atoms with van der Waals surface area (Å²) in [5.74, 6) is -0.325. The maximum Gasteiger partial charge on any atom is 0.237 e. The number of ether oxygens (including phenoxy) is 3. The summed E-state index contributed by atoms with van der Waals surface area (Å²) in [6, 6.07) is -0.636. The lowest BCUT2D eigenvalue weighted by Crippen LogP contribution is -2.64. The Balaban J connectivity index is 1.77. The van der Waals surface area contributed by atoms with Gasteiger partial charge in [0.15, 0.2) is 5.79 Å². The highest BCUT2D eigenvalue weighted by atomic mass is 35.5. The van der Waals surface area contributed by atoms with E-state index in [-0.39, 0.29) is 17.3 Å². The molecule has 9 atom stereocenters. The van der Waals surface area contributed by atoms with Crippen molar-refractivity contribution < 1.29 is 24.1 Å². The van der Waals surface area contributed by atoms with Crippen LogP contribution in [-0.4, -0.2) is 88.9 Å². The van der Waals surface area contributed by atoms with Gasteiger partial charge in [0.05, 0.1) is 17.5 Å². The number of hydrogen-bond donors (Lipinski definition) is 2. The van der Waals surface area contributed by atoms with Crippen molar-refractivity contribution in [3.8, 4) is 0 Å². The van der Waals surface area contributed by atoms with Gasteiger partial charge in [-0.2, -0.15) is 0 Å². The number of halogens is 1. The second-order valence-electron chi connectivity index (χ2n) is 9.32. The molecule has 0 spiro atoms. The van der Waals surface area contributed by atoms with Gasteiger partial charge in [-0.3, -0.25) is 9.69 Å². The van der Waals surface area contributed by atoms with Crippen LogP contribution < -0.4 is 5.32 Å². The number of likely N-dealkylation sites (tertiary alicyclic amines) is 1. The zero-order chi connectivity index (χ0) is 22.2. The van der Waals surface area contributed by atoms with Crippen molar-refractivity contribution in [3.63, 3.8) is 0 Å². The molecule has 3 fully saturated rings. The summed E-state index contributed by atoms with van der Waals surface area (Å²) < 4.78 is 18.3. The molecule has 3 aliphatic rings. The number of alkyl halides is 1. The molecule has 0 aliphatic carbocycles. The minimum Gasteiger partial charge on any atom is -0.387 e. The van der Waals surface area contributed by atoms with Gasteiger partial charge in [0.1, 0.15) is 29.9 Å². The summed E-state index contributed by atoms with van der Waals surface area (Å²) >= 11 is 7.97. The molecule has 30 heavy (non-hydrogen) atoms. The van der Waals surface area contributed by atoms with Gasteiger partial charge in [-0.25, -0.2) is 0 Å². The molecule has 0 saturated carbocycles. The lowest BCUT2D eigenvalue weighted by atomic mass is 9.92. The predicted molar refractivity (Wildman–Crippen MR) is 119 cm³/mol. The molecule has 0 bridgehead atoms. The first kappa shape index (κ1) is 24.6. The van der Waals surface area contributed by atoms with Gasteiger partial charge in [0.2, 0.25) is 5.91 Å². The van der Waals surface area contributed by atoms with Crippen molar-refractivity contribution >= 4 is 29.3 Å². The van der Waals surface area contributed by atoms with Crippen LogP contribution in [0.15, 0.2) is 0 Å². The number of carbonyl (C=O) groups is 1. The highest BCUT2D eigenvalue weighted by Crippen LogP contribution is 2.41. The predicted octanol–water partition coefficient (Wildman–Crippen LogP) is 2.19. The van der Waals surface area contributed by atoms with Crippen molar-refractivity contribution in [2.75, 3.05) is 19.8 Å². The molecule has 7 nitrogen and oxygen atoms in total. The molecular weight excluding hydrogens is 428 g/mol. The van der Waals surface area contributed by atoms with E-state index in [4.69, 9.17) is 25.8 Å². The Labute approximate surface area is 189 Å². The average Bonchev–Trinajstić information content (AvgIpc) is 3.19. The Bertz CT molecular complexity index is 610. The van der Waals surface area contributed by atoms with Gasteiger partial charge in [-0.05, 0) is 52.8 Å². The smallest absolute Gasteiger partial charge is 0.237 e. The fourth-order valence-corrected chi connectivity index (χ4v) is 5.91. The van der Waals surface area contributed by atoms with Gasteiger partial charge in [-0.1, -0.05) is 13.3 Å². The van der Waals surface area contributed by atoms with Gasteiger partial charge >= 0.3 is 0 Å². The molecule has 0 aromatic carbocycles. The van der Waals surface area contributed by atoms with Crippen LogP contribution in [0, 0.1) is 5.92 Å². The largest absolute Gasteiger partial charge is 0.387 e. The van der Waals surface area contributed by atoms with Crippen LogP contribution in [0.1, 0.15) is 47.0 Å². The molecule has 2 N–H and O–H groups in total. The number of aliphatic hydroxyl groups excluding tert-OH is 1. The minimum atomic E-state index is -0.839. The van der Waals surface area contributed by atoms with Crippen LogP contribution in [0.5, 0.6) is 0 Å². The maximum absolute atomic E-state index is 13.2. The van der Waals surface area contributed by atoms with E-state index in [0.29, 0.717) is 5.92 Å². The number of carbonyl (C=O) groups excluding carboxylic acids is 1. The topological polar surface area (TPSA) is 80.3 Å². The van der Waals surface area contributed by atoms with Crippen molar-refractivity contribution in [3.05, 3.63) is 0 Å². The number of nitrogens with one attached hydrogen (secondary N) is 1. The third kappa shape index (κ3) is 5.11. The molecule has 1 unspecified atom stereocenters. The Morgan fingerprint density at radius 1 is 1.37 bits per heavy atom. The zero-order valence-electron chi connectivity index (χ0n) is 18.8. The molecule has 3 saturated heterocycles. The van der Waals surface area contributed by atoms with Crippen LogP contribution in [-0.2, 0) is 19.0 Å². The Morgan fingerprint density at radius 2 is 2.03 bits per heavy atom. The van der Waals surface area contributed by atoms with E-state index < -0.39 is 41.7 Å². The second kappa shape index (κ2) is 9.81. The quantitative estimate of drug-likeness (QED) is 0.559. The molecular formula is C21H37ClN2O5S. The van der Waals surface area contributed by atoms with Crippen LogP contribution in [0.3, 0.4) is 0 Å². The van der Waals surface area contributed by atoms with Gasteiger partial charge in [-0.15, -0.1) is 23.4 Å². The number of hydrogen-bond acceptors (Lipinski definition) is 7. The lowest BCUT2D eigenvalue weighted by Gasteiger charge is -2.43. The van der Waals surface area contributed by atoms with Crippen LogP contribution in [0.2, 0.25) is 0 Å². The van der Waals surface area contributed by atoms with E-state index in [2.05, 4.69) is 17.1 Å². The number of nitrogens with zero attached hydrogens (tertiary/aromatic N) is 1. The summed E-state index contributed by atoms with van der Waals surface area (Å²) in [6.07, 6.45) is 2.60. The minimum absolute atomic E-state index is 0.0289. The first-order valence-electron chi connectivity index (χ1n) is 10.9. The highest BCUT2D eigenvalue weighted by Gasteiger charge is 2.57. The van der Waals surface area contributed by atoms with Gasteiger partial charge in [0.25, 0.3) is 0 Å². The first-order valence-corrected chi connectivity index (χ1v) is 12.7. The summed E-state index contributed by atoms with van der Waals surface area (Å²) in [7, 11) is 2.00. The van der Waals surface area contributed by atoms with Crippen molar-refractivity contribution in [1.82, 2.24) is 10.2 Å². The SMILES string of the molecule is CCC[C@@H]1C[C@@H](C(=O)N[C@H]([C@H](C)Cl)[C@H]2O[C@H](SC)[C@H](O)[C@H]3OC(C)(C)OC32)N(C)C1. The summed E-state index contributed by atoms with van der Waals surface area (Å²) in [5.41, 5.74) is -0.480. The van der Waals surface area contributed by atoms with E-state index in [9.17, 15) is 9.90 Å². The highest BCUT2D eigenvalue weighted by molar-refractivity contribution is 7.99. The first-order chi connectivity index (χ1) is 14.1. The molecule has 174 valence electrons. The van der Waals surface area contributed by atoms with Gasteiger partial charge < -0.3 is 24.6 Å². The molecule has 3 heterocycles. The average molecular weight is 465 g/mol. The number of likely N-dealkylation sites (N-methyl/N-ethyl adjacent to an activating group) is 1. The van der Waals surface area contributed by atoms with Crippen molar-refractivity contribution in [2.45, 2.75) is 100 Å². The van der Waals surface area contributed by atoms with Crippen LogP contribution in [0.4, 0.5) is 0 Å². The number of rotatable bonds is 7. The van der Waals surface area contributed by atoms with Crippen molar-refractivity contribution in [1.29, 1.82) is 0 Å². The van der Waals surface area contributed by atoms with Gasteiger partial charge in [0, 0.05) is 6.54 Å². The summed E-state index contributed by atoms with van der Waals surface area (Å²) in [5, 5.41) is 13.5. The molecule has 0 radical (unpaired) electrons. The second-order valence-corrected chi connectivity index (χ2v) is 10.9. The Hall–Kier alpha value is -0.0900. The summed E-state index contributed by atoms with van der Waals surface area (Å²) in [6.45, 7) is 8.61. The van der Waals surface area contributed by atoms with E-state index >= 15 is 0 Å².